The third kappa shape index (κ3) is 6.40. The summed E-state index contributed by atoms with van der Waals surface area (Å²) in [5.74, 6) is 0.457. The Balaban J connectivity index is 1.97. The average molecular weight is 401 g/mol. The number of nitrogens with one attached hydrogen (secondary N) is 1. The quantitative estimate of drug-likeness (QED) is 0.357. The number of carbonyl (C=O) groups excluding carboxylic acids is 1. The maximum absolute atomic E-state index is 11.4. The molecule has 0 radical (unpaired) electrons. The summed E-state index contributed by atoms with van der Waals surface area (Å²) in [6.45, 7) is 5.68. The molecule has 1 saturated heterocycles. The molecule has 0 saturated carbocycles. The monoisotopic (exact) mass is 401 g/mol. The molecule has 1 fully saturated rings. The Labute approximate surface area is 160 Å². The zero-order valence-electron chi connectivity index (χ0n) is 15.3. The molecule has 12 heteroatoms. The van der Waals surface area contributed by atoms with E-state index in [1.807, 2.05) is 0 Å². The number of rotatable bonds is 9. The molecule has 1 aromatic rings. The number of hydrogen-bond acceptors (Lipinski definition) is 12. The molecule has 1 aliphatic heterocycles. The van der Waals surface area contributed by atoms with E-state index < -0.39 is 12.4 Å². The Morgan fingerprint density at radius 3 is 2.89 bits per heavy atom. The van der Waals surface area contributed by atoms with Gasteiger partial charge in [-0.2, -0.15) is 9.97 Å². The summed E-state index contributed by atoms with van der Waals surface area (Å²) in [6.07, 6.45) is -0.366. The van der Waals surface area contributed by atoms with Crippen LogP contribution in [0.4, 0.5) is 16.6 Å². The SMILES string of the molecule is CCOc1nc(N)nc(N[C@H]2CC[C@@H](COC(=O)OC(C)C)O2)c1SN=O. The van der Waals surface area contributed by atoms with Gasteiger partial charge >= 0.3 is 6.16 Å². The van der Waals surface area contributed by atoms with Gasteiger partial charge in [0.25, 0.3) is 0 Å². The number of carbonyl (C=O) groups is 1. The molecule has 3 N–H and O–H groups in total. The van der Waals surface area contributed by atoms with Gasteiger partial charge in [0.2, 0.25) is 11.8 Å². The largest absolute Gasteiger partial charge is 0.508 e. The number of nitroso groups, excluding NO2 is 1. The highest BCUT2D eigenvalue weighted by Gasteiger charge is 2.28. The second-order valence-electron chi connectivity index (χ2n) is 5.86. The second kappa shape index (κ2) is 10.1. The lowest BCUT2D eigenvalue weighted by Gasteiger charge is -2.18. The fraction of sp³-hybridized carbons (Fsp3) is 0.667. The molecule has 2 heterocycles. The lowest BCUT2D eigenvalue weighted by molar-refractivity contribution is -0.0163. The van der Waals surface area contributed by atoms with E-state index in [0.29, 0.717) is 42.1 Å². The van der Waals surface area contributed by atoms with Gasteiger partial charge in [-0.15, -0.1) is 4.91 Å². The van der Waals surface area contributed by atoms with Crippen LogP contribution in [0.2, 0.25) is 0 Å². The van der Waals surface area contributed by atoms with E-state index in [4.69, 9.17) is 24.7 Å². The molecule has 2 atom stereocenters. The number of nitrogens with zero attached hydrogens (tertiary/aromatic N) is 3. The van der Waals surface area contributed by atoms with Gasteiger partial charge in [0.15, 0.2) is 5.82 Å². The maximum Gasteiger partial charge on any atom is 0.508 e. The lowest BCUT2D eigenvalue weighted by Crippen LogP contribution is -2.25. The van der Waals surface area contributed by atoms with Crippen LogP contribution in [0.15, 0.2) is 9.48 Å². The minimum atomic E-state index is -0.731. The van der Waals surface area contributed by atoms with Gasteiger partial charge in [-0.05, 0) is 33.6 Å². The Bertz CT molecular complexity index is 662. The van der Waals surface area contributed by atoms with Crippen molar-refractivity contribution in [2.24, 2.45) is 4.58 Å². The summed E-state index contributed by atoms with van der Waals surface area (Å²) in [5, 5.41) is 3.06. The number of hydrogen-bond donors (Lipinski definition) is 2. The predicted molar refractivity (Wildman–Crippen MR) is 98.4 cm³/mol. The fourth-order valence-electron chi connectivity index (χ4n) is 2.37. The molecular formula is C15H23N5O6S. The van der Waals surface area contributed by atoms with E-state index in [-0.39, 0.29) is 30.6 Å². The fourth-order valence-corrected chi connectivity index (χ4v) is 2.82. The Hall–Kier alpha value is -2.34. The molecule has 150 valence electrons. The smallest absolute Gasteiger partial charge is 0.477 e. The van der Waals surface area contributed by atoms with Crippen LogP contribution in [0, 0.1) is 4.91 Å². The highest BCUT2D eigenvalue weighted by molar-refractivity contribution is 7.98. The first-order chi connectivity index (χ1) is 12.9. The zero-order valence-corrected chi connectivity index (χ0v) is 16.2. The normalized spacial score (nSPS) is 19.0. The van der Waals surface area contributed by atoms with Crippen molar-refractivity contribution in [2.75, 3.05) is 24.3 Å². The van der Waals surface area contributed by atoms with Crippen LogP contribution in [0.25, 0.3) is 0 Å². The van der Waals surface area contributed by atoms with Crippen LogP contribution in [-0.4, -0.2) is 47.8 Å². The lowest BCUT2D eigenvalue weighted by atomic mass is 10.2. The zero-order chi connectivity index (χ0) is 19.8. The van der Waals surface area contributed by atoms with Crippen molar-refractivity contribution in [1.82, 2.24) is 9.97 Å². The third-order valence-electron chi connectivity index (χ3n) is 3.39. The summed E-state index contributed by atoms with van der Waals surface area (Å²) in [5.41, 5.74) is 5.70. The van der Waals surface area contributed by atoms with E-state index in [1.54, 1.807) is 20.8 Å². The molecule has 0 aromatic carbocycles. The number of aromatic nitrogens is 2. The van der Waals surface area contributed by atoms with Crippen LogP contribution >= 0.6 is 11.9 Å². The molecule has 1 aliphatic rings. The topological polar surface area (TPSA) is 147 Å². The van der Waals surface area contributed by atoms with Crippen molar-refractivity contribution in [1.29, 1.82) is 0 Å². The van der Waals surface area contributed by atoms with E-state index in [2.05, 4.69) is 19.9 Å². The summed E-state index contributed by atoms with van der Waals surface area (Å²) < 4.78 is 23.9. The van der Waals surface area contributed by atoms with Crippen molar-refractivity contribution >= 4 is 29.9 Å². The van der Waals surface area contributed by atoms with E-state index in [9.17, 15) is 9.70 Å². The van der Waals surface area contributed by atoms with E-state index in [1.165, 1.54) is 0 Å². The molecule has 27 heavy (non-hydrogen) atoms. The number of nitrogen functional groups attached to an aromatic ring is 1. The van der Waals surface area contributed by atoms with E-state index in [0.717, 1.165) is 0 Å². The molecule has 0 unspecified atom stereocenters. The summed E-state index contributed by atoms with van der Waals surface area (Å²) >= 11 is 0.641. The average Bonchev–Trinajstić information content (AvgIpc) is 3.03. The molecule has 11 nitrogen and oxygen atoms in total. The Morgan fingerprint density at radius 2 is 2.22 bits per heavy atom. The van der Waals surface area contributed by atoms with Gasteiger partial charge in [0.05, 0.1) is 30.8 Å². The third-order valence-corrected chi connectivity index (χ3v) is 4.01. The van der Waals surface area contributed by atoms with Crippen molar-refractivity contribution in [3.05, 3.63) is 4.91 Å². The Kier molecular flexibility index (Phi) is 7.85. The van der Waals surface area contributed by atoms with Crippen LogP contribution in [0.3, 0.4) is 0 Å². The van der Waals surface area contributed by atoms with Crippen molar-refractivity contribution in [3.63, 3.8) is 0 Å². The Morgan fingerprint density at radius 1 is 1.44 bits per heavy atom. The van der Waals surface area contributed by atoms with Crippen LogP contribution in [-0.2, 0) is 14.2 Å². The molecule has 0 spiro atoms. The maximum atomic E-state index is 11.4. The van der Waals surface area contributed by atoms with Gasteiger partial charge in [0, 0.05) is 4.58 Å². The minimum absolute atomic E-state index is 0.00879. The van der Waals surface area contributed by atoms with Gasteiger partial charge < -0.3 is 30.0 Å². The first-order valence-corrected chi connectivity index (χ1v) is 9.25. The molecule has 0 bridgehead atoms. The van der Waals surface area contributed by atoms with Crippen LogP contribution in [0.1, 0.15) is 33.6 Å². The first-order valence-electron chi connectivity index (χ1n) is 8.48. The van der Waals surface area contributed by atoms with Gasteiger partial charge in [-0.25, -0.2) is 4.79 Å². The van der Waals surface area contributed by atoms with Gasteiger partial charge in [-0.3, -0.25) is 0 Å². The van der Waals surface area contributed by atoms with Gasteiger partial charge in [0.1, 0.15) is 17.7 Å². The summed E-state index contributed by atoms with van der Waals surface area (Å²) in [6, 6.07) is 0. The molecule has 2 rings (SSSR count). The number of anilines is 2. The van der Waals surface area contributed by atoms with E-state index >= 15 is 0 Å². The van der Waals surface area contributed by atoms with Crippen LogP contribution < -0.4 is 15.8 Å². The predicted octanol–water partition coefficient (Wildman–Crippen LogP) is 2.71. The highest BCUT2D eigenvalue weighted by atomic mass is 32.2. The standard InChI is InChI=1S/C15H23N5O6S/c1-4-23-13-11(27-20-22)12(18-14(16)19-13)17-10-6-5-9(26-10)7-24-15(21)25-8(2)3/h8-10H,4-7H2,1-3H3,(H3,16,17,18,19)/t9-,10+/m0/s1. The van der Waals surface area contributed by atoms with Crippen molar-refractivity contribution in [2.45, 2.75) is 56.9 Å². The molecule has 1 aromatic heterocycles. The van der Waals surface area contributed by atoms with Crippen molar-refractivity contribution in [3.8, 4) is 5.88 Å². The molecular weight excluding hydrogens is 378 g/mol. The first kappa shape index (κ1) is 21.0. The summed E-state index contributed by atoms with van der Waals surface area (Å²) in [4.78, 5) is 30.6. The second-order valence-corrected chi connectivity index (χ2v) is 6.60. The summed E-state index contributed by atoms with van der Waals surface area (Å²) in [7, 11) is 0. The minimum Gasteiger partial charge on any atom is -0.477 e. The number of ether oxygens (including phenoxy) is 4. The molecule has 0 aliphatic carbocycles. The molecule has 0 amide bonds. The van der Waals surface area contributed by atoms with Gasteiger partial charge in [-0.1, -0.05) is 0 Å². The van der Waals surface area contributed by atoms with Crippen molar-refractivity contribution < 1.29 is 23.7 Å². The highest BCUT2D eigenvalue weighted by Crippen LogP contribution is 2.36. The number of nitrogens with two attached hydrogens (primary N) is 1. The van der Waals surface area contributed by atoms with Crippen LogP contribution in [0.5, 0.6) is 5.88 Å².